The maximum Gasteiger partial charge on any atom is 0.122 e. The molecule has 2 N–H and O–H groups in total. The van der Waals surface area contributed by atoms with E-state index in [1.165, 1.54) is 0 Å². The lowest BCUT2D eigenvalue weighted by Gasteiger charge is -2.19. The van der Waals surface area contributed by atoms with Crippen LogP contribution >= 0.6 is 0 Å². The van der Waals surface area contributed by atoms with E-state index in [1.54, 1.807) is 12.1 Å². The van der Waals surface area contributed by atoms with E-state index < -0.39 is 13.1 Å². The van der Waals surface area contributed by atoms with Crippen molar-refractivity contribution in [3.8, 4) is 5.75 Å². The van der Waals surface area contributed by atoms with E-state index in [9.17, 15) is 5.11 Å². The zero-order chi connectivity index (χ0) is 13.3. The fraction of sp³-hybridized carbons (Fsp3) is 0.500. The van der Waals surface area contributed by atoms with E-state index in [-0.39, 0.29) is 6.04 Å². The molecule has 1 aliphatic rings. The lowest BCUT2D eigenvalue weighted by atomic mass is 9.97. The van der Waals surface area contributed by atoms with Gasteiger partial charge in [-0.25, -0.2) is 0 Å². The van der Waals surface area contributed by atoms with Gasteiger partial charge in [-0.2, -0.15) is 0 Å². The summed E-state index contributed by atoms with van der Waals surface area (Å²) >= 11 is 0. The van der Waals surface area contributed by atoms with E-state index >= 15 is 0 Å². The molecule has 0 aromatic heterocycles. The number of methoxy groups -OCH3 is 1. The monoisotopic (exact) mass is 210 g/mol. The first-order valence-electron chi connectivity index (χ1n) is 6.58. The minimum atomic E-state index is -2.45. The lowest BCUT2D eigenvalue weighted by molar-refractivity contribution is 0.159. The number of hydrogen-bond donors (Lipinski definition) is 2. The summed E-state index contributed by atoms with van der Waals surface area (Å²) in [6.07, 6.45) is 0.265. The van der Waals surface area contributed by atoms with E-state index in [4.69, 9.17) is 8.85 Å². The smallest absolute Gasteiger partial charge is 0.122 e. The van der Waals surface area contributed by atoms with Crippen LogP contribution in [0.25, 0.3) is 0 Å². The molecule has 1 heterocycles. The number of hydrogen-bond acceptors (Lipinski definition) is 3. The van der Waals surface area contributed by atoms with Crippen molar-refractivity contribution in [3.05, 3.63) is 29.3 Å². The zero-order valence-electron chi connectivity index (χ0n) is 11.7. The quantitative estimate of drug-likeness (QED) is 0.775. The van der Waals surface area contributed by atoms with Crippen LogP contribution in [-0.2, 0) is 0 Å². The van der Waals surface area contributed by atoms with Gasteiger partial charge in [0.2, 0.25) is 0 Å². The van der Waals surface area contributed by atoms with Crippen LogP contribution in [0.2, 0.25) is 0 Å². The highest BCUT2D eigenvalue weighted by molar-refractivity contribution is 5.41. The van der Waals surface area contributed by atoms with Crippen LogP contribution in [0.4, 0.5) is 0 Å². The minimum Gasteiger partial charge on any atom is -0.496 e. The highest BCUT2D eigenvalue weighted by Crippen LogP contribution is 2.30. The highest BCUT2D eigenvalue weighted by atomic mass is 16.5. The maximum absolute atomic E-state index is 9.88. The lowest BCUT2D eigenvalue weighted by Crippen LogP contribution is -2.21. The molecule has 0 saturated carbocycles. The number of benzene rings is 1. The van der Waals surface area contributed by atoms with Gasteiger partial charge in [0.15, 0.2) is 0 Å². The van der Waals surface area contributed by atoms with E-state index in [2.05, 4.69) is 5.32 Å². The molecule has 3 nitrogen and oxygen atoms in total. The molecule has 2 atom stereocenters. The summed E-state index contributed by atoms with van der Waals surface area (Å²) in [5.41, 5.74) is 1.65. The standard InChI is InChI=1S/C12H17NO2/c1-8-9(4-3-5-11(8)15-2)12-10(14)6-7-13-12/h3-5,10,12-14H,6-7H2,1-2H3/t10-,12-/m1/s1/i2D3. The van der Waals surface area contributed by atoms with Crippen LogP contribution in [0, 0.1) is 6.92 Å². The molecule has 82 valence electrons. The second-order valence-electron chi connectivity index (χ2n) is 3.86. The number of nitrogens with one attached hydrogen (secondary N) is 1. The van der Waals surface area contributed by atoms with Crippen molar-refractivity contribution in [1.82, 2.24) is 5.32 Å². The zero-order valence-corrected chi connectivity index (χ0v) is 8.66. The summed E-state index contributed by atoms with van der Waals surface area (Å²) in [4.78, 5) is 0. The first-order valence-corrected chi connectivity index (χ1v) is 5.08. The summed E-state index contributed by atoms with van der Waals surface area (Å²) in [5, 5.41) is 13.1. The molecule has 0 spiro atoms. The summed E-state index contributed by atoms with van der Waals surface area (Å²) in [7, 11) is -2.45. The Kier molecular flexibility index (Phi) is 2.03. The van der Waals surface area contributed by atoms with Gasteiger partial charge in [-0.1, -0.05) is 12.1 Å². The fourth-order valence-corrected chi connectivity index (χ4v) is 2.09. The van der Waals surface area contributed by atoms with Crippen LogP contribution in [0.3, 0.4) is 0 Å². The van der Waals surface area contributed by atoms with Gasteiger partial charge in [0, 0.05) is 0 Å². The van der Waals surface area contributed by atoms with Crippen LogP contribution in [0.1, 0.15) is 27.7 Å². The number of aliphatic hydroxyl groups excluding tert-OH is 1. The molecule has 1 aromatic rings. The van der Waals surface area contributed by atoms with E-state index in [0.29, 0.717) is 12.2 Å². The van der Waals surface area contributed by atoms with Crippen LogP contribution in [0.15, 0.2) is 18.2 Å². The first-order chi connectivity index (χ1) is 8.38. The average molecular weight is 210 g/mol. The predicted octanol–water partition coefficient (Wildman–Crippen LogP) is 1.40. The van der Waals surface area contributed by atoms with Crippen molar-refractivity contribution < 1.29 is 14.0 Å². The normalized spacial score (nSPS) is 29.3. The third-order valence-electron chi connectivity index (χ3n) is 2.96. The van der Waals surface area contributed by atoms with Gasteiger partial charge in [-0.05, 0) is 37.1 Å². The van der Waals surface area contributed by atoms with Crippen molar-refractivity contribution in [2.24, 2.45) is 0 Å². The predicted molar refractivity (Wildman–Crippen MR) is 59.1 cm³/mol. The molecule has 1 saturated heterocycles. The van der Waals surface area contributed by atoms with Gasteiger partial charge in [0.05, 0.1) is 23.3 Å². The fourth-order valence-electron chi connectivity index (χ4n) is 2.09. The Labute approximate surface area is 94.3 Å². The molecule has 0 unspecified atom stereocenters. The molecule has 0 aliphatic carbocycles. The summed E-state index contributed by atoms with van der Waals surface area (Å²) in [6.45, 7) is 2.57. The Bertz CT molecular complexity index is 434. The average Bonchev–Trinajstić information content (AvgIpc) is 2.66. The van der Waals surface area contributed by atoms with Crippen LogP contribution < -0.4 is 10.1 Å². The van der Waals surface area contributed by atoms with Gasteiger partial charge in [-0.15, -0.1) is 0 Å². The van der Waals surface area contributed by atoms with Crippen LogP contribution in [0.5, 0.6) is 5.75 Å². The van der Waals surface area contributed by atoms with Gasteiger partial charge in [0.25, 0.3) is 0 Å². The largest absolute Gasteiger partial charge is 0.496 e. The van der Waals surface area contributed by atoms with Gasteiger partial charge in [0.1, 0.15) is 5.75 Å². The van der Waals surface area contributed by atoms with Crippen molar-refractivity contribution in [2.45, 2.75) is 25.5 Å². The Hall–Kier alpha value is -1.06. The molecule has 2 rings (SSSR count). The van der Waals surface area contributed by atoms with E-state index in [0.717, 1.165) is 17.7 Å². The number of rotatable bonds is 2. The Morgan fingerprint density at radius 1 is 1.60 bits per heavy atom. The summed E-state index contributed by atoms with van der Waals surface area (Å²) in [6, 6.07) is 5.11. The van der Waals surface area contributed by atoms with Gasteiger partial charge >= 0.3 is 0 Å². The Morgan fingerprint density at radius 3 is 3.13 bits per heavy atom. The van der Waals surface area contributed by atoms with Crippen molar-refractivity contribution in [2.75, 3.05) is 13.6 Å². The molecule has 15 heavy (non-hydrogen) atoms. The van der Waals surface area contributed by atoms with Crippen molar-refractivity contribution in [1.29, 1.82) is 0 Å². The molecule has 1 aliphatic heterocycles. The molecule has 0 bridgehead atoms. The highest BCUT2D eigenvalue weighted by Gasteiger charge is 2.27. The van der Waals surface area contributed by atoms with Crippen molar-refractivity contribution in [3.63, 3.8) is 0 Å². The molecular weight excluding hydrogens is 190 g/mol. The molecule has 0 radical (unpaired) electrons. The second kappa shape index (κ2) is 4.21. The molecular formula is C12H17NO2. The molecule has 0 amide bonds. The number of ether oxygens (including phenoxy) is 1. The SMILES string of the molecule is [2H]C([2H])([2H])Oc1cccc([C@H]2NCC[C@H]2O)c1C. The van der Waals surface area contributed by atoms with Gasteiger partial charge < -0.3 is 15.2 Å². The maximum atomic E-state index is 9.88. The topological polar surface area (TPSA) is 41.5 Å². The first kappa shape index (κ1) is 7.25. The van der Waals surface area contributed by atoms with Gasteiger partial charge in [-0.3, -0.25) is 0 Å². The molecule has 3 heteroatoms. The molecule has 1 aromatic carbocycles. The molecule has 1 fully saturated rings. The number of aliphatic hydroxyl groups is 1. The summed E-state index contributed by atoms with van der Waals surface area (Å²) < 4.78 is 26.4. The Morgan fingerprint density at radius 2 is 2.47 bits per heavy atom. The van der Waals surface area contributed by atoms with E-state index in [1.807, 2.05) is 13.0 Å². The summed E-state index contributed by atoms with van der Waals surface area (Å²) in [5.74, 6) is 0.341. The minimum absolute atomic E-state index is 0.148. The Balaban J connectivity index is 2.30. The van der Waals surface area contributed by atoms with Crippen LogP contribution in [-0.4, -0.2) is 24.8 Å². The third kappa shape index (κ3) is 1.85. The second-order valence-corrected chi connectivity index (χ2v) is 3.86. The van der Waals surface area contributed by atoms with Crippen molar-refractivity contribution >= 4 is 0 Å². The third-order valence-corrected chi connectivity index (χ3v) is 2.96.